The van der Waals surface area contributed by atoms with E-state index in [-0.39, 0.29) is 0 Å². The molecule has 4 nitrogen and oxygen atoms in total. The van der Waals surface area contributed by atoms with Crippen molar-refractivity contribution in [3.63, 3.8) is 0 Å². The third-order valence-corrected chi connectivity index (χ3v) is 9.32. The van der Waals surface area contributed by atoms with Crippen LogP contribution in [0.2, 0.25) is 0 Å². The molecular weight excluding hydrogens is 573 g/mol. The predicted octanol–water partition coefficient (Wildman–Crippen LogP) is 9.78. The first-order chi connectivity index (χ1) is 23.3. The van der Waals surface area contributed by atoms with Gasteiger partial charge in [-0.15, -0.1) is 0 Å². The van der Waals surface area contributed by atoms with E-state index in [0.717, 1.165) is 27.5 Å². The molecule has 0 amide bonds. The molecule has 0 fully saturated rings. The number of hydrogen-bond donors (Lipinski definition) is 0. The lowest BCUT2D eigenvalue weighted by atomic mass is 9.68. The number of benzene rings is 6. The third-order valence-electron chi connectivity index (χ3n) is 9.32. The summed E-state index contributed by atoms with van der Waals surface area (Å²) in [6.07, 6.45) is 3.78. The second-order valence-electron chi connectivity index (χ2n) is 11.9. The zero-order chi connectivity index (χ0) is 31.2. The van der Waals surface area contributed by atoms with Crippen molar-refractivity contribution in [3.05, 3.63) is 192 Å². The Balaban J connectivity index is 1.32. The summed E-state index contributed by atoms with van der Waals surface area (Å²) in [4.78, 5) is 19.7. The highest BCUT2D eigenvalue weighted by molar-refractivity contribution is 5.95. The van der Waals surface area contributed by atoms with Crippen LogP contribution in [0, 0.1) is 0 Å². The molecule has 2 heterocycles. The fourth-order valence-corrected chi connectivity index (χ4v) is 7.26. The van der Waals surface area contributed by atoms with Crippen LogP contribution < -0.4 is 0 Å². The van der Waals surface area contributed by atoms with Gasteiger partial charge in [0.2, 0.25) is 0 Å². The summed E-state index contributed by atoms with van der Waals surface area (Å²) in [5.41, 5.74) is 9.57. The quantitative estimate of drug-likeness (QED) is 0.197. The first-order valence-corrected chi connectivity index (χ1v) is 15.8. The summed E-state index contributed by atoms with van der Waals surface area (Å²) in [5.74, 6) is 1.93. The first kappa shape index (κ1) is 27.1. The standard InChI is InChI=1S/C43H28N4/c1-3-13-30(14-4-1)40-45-41(47-42(46-40)37-20-11-15-29-12-7-8-18-34(29)37)31-22-23-36-35-19-9-10-21-38(35)43(39(36)28-31,32-16-5-2-6-17-32)33-24-26-44-27-25-33/h1-28H. The van der Waals surface area contributed by atoms with Crippen molar-refractivity contribution in [2.45, 2.75) is 5.41 Å². The topological polar surface area (TPSA) is 51.6 Å². The van der Waals surface area contributed by atoms with Gasteiger partial charge in [0.05, 0.1) is 5.41 Å². The predicted molar refractivity (Wildman–Crippen MR) is 189 cm³/mol. The zero-order valence-corrected chi connectivity index (χ0v) is 25.5. The van der Waals surface area contributed by atoms with E-state index in [0.29, 0.717) is 17.5 Å². The molecule has 0 bridgehead atoms. The van der Waals surface area contributed by atoms with Crippen molar-refractivity contribution in [3.8, 4) is 45.3 Å². The Labute approximate surface area is 273 Å². The molecule has 0 saturated carbocycles. The van der Waals surface area contributed by atoms with Gasteiger partial charge in [-0.1, -0.05) is 140 Å². The van der Waals surface area contributed by atoms with Crippen LogP contribution in [0.4, 0.5) is 0 Å². The van der Waals surface area contributed by atoms with E-state index in [1.807, 2.05) is 30.6 Å². The largest absolute Gasteiger partial charge is 0.265 e. The molecule has 2 aromatic heterocycles. The molecule has 1 aliphatic carbocycles. The normalized spacial score (nSPS) is 14.9. The van der Waals surface area contributed by atoms with E-state index in [4.69, 9.17) is 15.0 Å². The van der Waals surface area contributed by atoms with E-state index in [1.165, 1.54) is 33.4 Å². The lowest BCUT2D eigenvalue weighted by molar-refractivity contribution is 0.766. The fourth-order valence-electron chi connectivity index (χ4n) is 7.26. The second kappa shape index (κ2) is 11.0. The molecular formula is C43H28N4. The molecule has 0 N–H and O–H groups in total. The maximum atomic E-state index is 5.19. The van der Waals surface area contributed by atoms with Gasteiger partial charge in [-0.05, 0) is 62.4 Å². The van der Waals surface area contributed by atoms with Crippen LogP contribution in [-0.4, -0.2) is 19.9 Å². The van der Waals surface area contributed by atoms with Crippen LogP contribution in [-0.2, 0) is 5.41 Å². The van der Waals surface area contributed by atoms with E-state index in [1.54, 1.807) is 0 Å². The minimum absolute atomic E-state index is 0.542. The van der Waals surface area contributed by atoms with Crippen LogP contribution in [0.1, 0.15) is 22.3 Å². The molecule has 0 saturated heterocycles. The molecule has 6 aromatic carbocycles. The van der Waals surface area contributed by atoms with Crippen molar-refractivity contribution < 1.29 is 0 Å². The van der Waals surface area contributed by atoms with Crippen LogP contribution in [0.3, 0.4) is 0 Å². The van der Waals surface area contributed by atoms with Gasteiger partial charge in [0.25, 0.3) is 0 Å². The lowest BCUT2D eigenvalue weighted by Crippen LogP contribution is -2.28. The molecule has 1 atom stereocenters. The summed E-state index contributed by atoms with van der Waals surface area (Å²) >= 11 is 0. The van der Waals surface area contributed by atoms with Gasteiger partial charge >= 0.3 is 0 Å². The van der Waals surface area contributed by atoms with Crippen LogP contribution >= 0.6 is 0 Å². The first-order valence-electron chi connectivity index (χ1n) is 15.8. The van der Waals surface area contributed by atoms with Crippen LogP contribution in [0.5, 0.6) is 0 Å². The third kappa shape index (κ3) is 4.30. The number of hydrogen-bond acceptors (Lipinski definition) is 4. The van der Waals surface area contributed by atoms with Gasteiger partial charge < -0.3 is 0 Å². The maximum absolute atomic E-state index is 5.19. The molecule has 0 aliphatic heterocycles. The maximum Gasteiger partial charge on any atom is 0.164 e. The van der Waals surface area contributed by atoms with Crippen molar-refractivity contribution in [1.82, 2.24) is 19.9 Å². The molecule has 220 valence electrons. The highest BCUT2D eigenvalue weighted by Gasteiger charge is 2.46. The molecule has 1 aliphatic rings. The summed E-state index contributed by atoms with van der Waals surface area (Å²) in [5, 5.41) is 2.25. The molecule has 8 aromatic rings. The van der Waals surface area contributed by atoms with Crippen LogP contribution in [0.15, 0.2) is 170 Å². The van der Waals surface area contributed by atoms with Gasteiger partial charge in [0.1, 0.15) is 0 Å². The van der Waals surface area contributed by atoms with E-state index >= 15 is 0 Å². The highest BCUT2D eigenvalue weighted by atomic mass is 15.0. The lowest BCUT2D eigenvalue weighted by Gasteiger charge is -2.33. The number of pyridine rings is 1. The molecule has 1 unspecified atom stereocenters. The Bertz CT molecular complexity index is 2360. The van der Waals surface area contributed by atoms with E-state index in [2.05, 4.69) is 145 Å². The number of fused-ring (bicyclic) bond motifs is 4. The van der Waals surface area contributed by atoms with Crippen LogP contribution in [0.25, 0.3) is 56.1 Å². The Morgan fingerprint density at radius 1 is 0.383 bits per heavy atom. The molecule has 4 heteroatoms. The van der Waals surface area contributed by atoms with Gasteiger partial charge in [-0.2, -0.15) is 0 Å². The highest BCUT2D eigenvalue weighted by Crippen LogP contribution is 2.56. The summed E-state index contributed by atoms with van der Waals surface area (Å²) in [6.45, 7) is 0. The number of aromatic nitrogens is 4. The monoisotopic (exact) mass is 600 g/mol. The molecule has 9 rings (SSSR count). The van der Waals surface area contributed by atoms with Crippen molar-refractivity contribution in [2.24, 2.45) is 0 Å². The van der Waals surface area contributed by atoms with E-state index < -0.39 is 5.41 Å². The number of nitrogens with zero attached hydrogens (tertiary/aromatic N) is 4. The van der Waals surface area contributed by atoms with Gasteiger partial charge in [0, 0.05) is 29.1 Å². The van der Waals surface area contributed by atoms with Crippen molar-refractivity contribution in [2.75, 3.05) is 0 Å². The summed E-state index contributed by atoms with van der Waals surface area (Å²) in [6, 6.07) is 55.3. The average molecular weight is 601 g/mol. The second-order valence-corrected chi connectivity index (χ2v) is 11.9. The van der Waals surface area contributed by atoms with E-state index in [9.17, 15) is 0 Å². The molecule has 0 radical (unpaired) electrons. The van der Waals surface area contributed by atoms with Crippen molar-refractivity contribution >= 4 is 10.8 Å². The number of rotatable bonds is 5. The Morgan fingerprint density at radius 3 is 1.81 bits per heavy atom. The Morgan fingerprint density at radius 2 is 0.979 bits per heavy atom. The zero-order valence-electron chi connectivity index (χ0n) is 25.5. The van der Waals surface area contributed by atoms with Gasteiger partial charge in [-0.25, -0.2) is 15.0 Å². The minimum Gasteiger partial charge on any atom is -0.265 e. The van der Waals surface area contributed by atoms with Crippen molar-refractivity contribution in [1.29, 1.82) is 0 Å². The minimum atomic E-state index is -0.542. The Kier molecular flexibility index (Phi) is 6.32. The SMILES string of the molecule is c1ccc(-c2nc(-c3ccc4c(c3)C(c3ccccc3)(c3ccncc3)c3ccccc3-4)nc(-c3cccc4ccccc34)n2)cc1. The summed E-state index contributed by atoms with van der Waals surface area (Å²) in [7, 11) is 0. The van der Waals surface area contributed by atoms with Gasteiger partial charge in [-0.3, -0.25) is 4.98 Å². The fraction of sp³-hybridized carbons (Fsp3) is 0.0233. The average Bonchev–Trinajstić information content (AvgIpc) is 3.46. The van der Waals surface area contributed by atoms with Gasteiger partial charge in [0.15, 0.2) is 17.5 Å². The summed E-state index contributed by atoms with van der Waals surface area (Å²) < 4.78 is 0. The Hall–Kier alpha value is -6.26. The smallest absolute Gasteiger partial charge is 0.164 e. The molecule has 0 spiro atoms. The molecule has 47 heavy (non-hydrogen) atoms.